The number of piperazine rings is 1. The van der Waals surface area contributed by atoms with Crippen molar-refractivity contribution in [1.29, 1.82) is 0 Å². The van der Waals surface area contributed by atoms with Crippen molar-refractivity contribution in [2.45, 2.75) is 25.4 Å². The highest BCUT2D eigenvalue weighted by molar-refractivity contribution is 6.01. The van der Waals surface area contributed by atoms with Crippen molar-refractivity contribution < 1.29 is 23.2 Å². The smallest absolute Gasteiger partial charge is 0.227 e. The van der Waals surface area contributed by atoms with E-state index in [0.717, 1.165) is 17.7 Å². The Hall–Kier alpha value is -3.29. The molecule has 2 aromatic rings. The SMILES string of the molecule is O=C(Cc1ccccc1)N1CCN(C(=O)CC2CC(c3ccc(F)cc3F)=NO2)CC1. The standard InChI is InChI=1S/C23H23F2N3O3/c24-17-6-7-19(20(25)13-17)21-14-18(31-26-21)15-23(30)28-10-8-27(9-11-28)22(29)12-16-4-2-1-3-5-16/h1-7,13,18H,8-12,14-15H2. The predicted molar refractivity (Wildman–Crippen MR) is 110 cm³/mol. The molecule has 162 valence electrons. The van der Waals surface area contributed by atoms with Crippen molar-refractivity contribution >= 4 is 17.5 Å². The third-order valence-corrected chi connectivity index (χ3v) is 5.56. The minimum atomic E-state index is -0.703. The molecule has 0 spiro atoms. The highest BCUT2D eigenvalue weighted by Gasteiger charge is 2.30. The molecule has 0 N–H and O–H groups in total. The first-order chi connectivity index (χ1) is 15.0. The monoisotopic (exact) mass is 427 g/mol. The summed E-state index contributed by atoms with van der Waals surface area (Å²) < 4.78 is 27.0. The van der Waals surface area contributed by atoms with Crippen LogP contribution in [0.25, 0.3) is 0 Å². The Morgan fingerprint density at radius 2 is 1.65 bits per heavy atom. The summed E-state index contributed by atoms with van der Waals surface area (Å²) in [6, 6.07) is 12.9. The molecule has 31 heavy (non-hydrogen) atoms. The average Bonchev–Trinajstić information content (AvgIpc) is 3.22. The summed E-state index contributed by atoms with van der Waals surface area (Å²) in [5.74, 6) is -1.40. The van der Waals surface area contributed by atoms with Gasteiger partial charge in [0.15, 0.2) is 0 Å². The second-order valence-corrected chi connectivity index (χ2v) is 7.72. The van der Waals surface area contributed by atoms with Gasteiger partial charge in [-0.25, -0.2) is 8.78 Å². The van der Waals surface area contributed by atoms with E-state index < -0.39 is 17.7 Å². The van der Waals surface area contributed by atoms with Gasteiger partial charge in [0, 0.05) is 44.2 Å². The number of amides is 2. The minimum Gasteiger partial charge on any atom is -0.391 e. The quantitative estimate of drug-likeness (QED) is 0.737. The molecule has 8 heteroatoms. The van der Waals surface area contributed by atoms with E-state index in [9.17, 15) is 18.4 Å². The average molecular weight is 427 g/mol. The van der Waals surface area contributed by atoms with E-state index in [1.54, 1.807) is 9.80 Å². The second kappa shape index (κ2) is 9.24. The van der Waals surface area contributed by atoms with Crippen molar-refractivity contribution in [1.82, 2.24) is 9.80 Å². The Morgan fingerprint density at radius 1 is 0.968 bits per heavy atom. The molecule has 1 atom stereocenters. The number of halogens is 2. The zero-order valence-corrected chi connectivity index (χ0v) is 17.0. The molecule has 0 aliphatic carbocycles. The second-order valence-electron chi connectivity index (χ2n) is 7.72. The van der Waals surface area contributed by atoms with Crippen LogP contribution < -0.4 is 0 Å². The number of nitrogens with zero attached hydrogens (tertiary/aromatic N) is 3. The number of oxime groups is 1. The number of carbonyl (C=O) groups excluding carboxylic acids is 2. The van der Waals surface area contributed by atoms with E-state index in [0.29, 0.717) is 38.3 Å². The summed E-state index contributed by atoms with van der Waals surface area (Å²) in [7, 11) is 0. The predicted octanol–water partition coefficient (Wildman–Crippen LogP) is 2.76. The maximum absolute atomic E-state index is 13.9. The molecule has 0 saturated carbocycles. The lowest BCUT2D eigenvalue weighted by Gasteiger charge is -2.35. The first-order valence-corrected chi connectivity index (χ1v) is 10.3. The largest absolute Gasteiger partial charge is 0.391 e. The van der Waals surface area contributed by atoms with Gasteiger partial charge in [-0.3, -0.25) is 9.59 Å². The van der Waals surface area contributed by atoms with E-state index in [1.165, 1.54) is 6.07 Å². The number of hydrogen-bond acceptors (Lipinski definition) is 4. The fourth-order valence-corrected chi connectivity index (χ4v) is 3.83. The summed E-state index contributed by atoms with van der Waals surface area (Å²) >= 11 is 0. The van der Waals surface area contributed by atoms with Crippen molar-refractivity contribution in [2.75, 3.05) is 26.2 Å². The molecule has 1 saturated heterocycles. The van der Waals surface area contributed by atoms with Crippen LogP contribution in [0.4, 0.5) is 8.78 Å². The van der Waals surface area contributed by atoms with Crippen molar-refractivity contribution in [3.63, 3.8) is 0 Å². The Bertz CT molecular complexity index is 989. The summed E-state index contributed by atoms with van der Waals surface area (Å²) in [4.78, 5) is 33.9. The van der Waals surface area contributed by atoms with Crippen LogP contribution >= 0.6 is 0 Å². The van der Waals surface area contributed by atoms with Crippen LogP contribution in [0.3, 0.4) is 0 Å². The van der Waals surface area contributed by atoms with E-state index in [2.05, 4.69) is 5.16 Å². The van der Waals surface area contributed by atoms with Gasteiger partial charge >= 0.3 is 0 Å². The Morgan fingerprint density at radius 3 is 2.32 bits per heavy atom. The van der Waals surface area contributed by atoms with Gasteiger partial charge in [-0.2, -0.15) is 0 Å². The van der Waals surface area contributed by atoms with Gasteiger partial charge in [-0.05, 0) is 17.7 Å². The van der Waals surface area contributed by atoms with Crippen LogP contribution in [0.2, 0.25) is 0 Å². The lowest BCUT2D eigenvalue weighted by molar-refractivity contribution is -0.140. The van der Waals surface area contributed by atoms with E-state index in [1.807, 2.05) is 30.3 Å². The zero-order chi connectivity index (χ0) is 21.8. The highest BCUT2D eigenvalue weighted by Crippen LogP contribution is 2.22. The number of carbonyl (C=O) groups is 2. The van der Waals surface area contributed by atoms with Gasteiger partial charge in [0.25, 0.3) is 0 Å². The highest BCUT2D eigenvalue weighted by atomic mass is 19.1. The number of rotatable bonds is 5. The molecule has 0 bridgehead atoms. The first kappa shape index (κ1) is 21.0. The molecule has 2 amide bonds. The first-order valence-electron chi connectivity index (χ1n) is 10.3. The van der Waals surface area contributed by atoms with Crippen LogP contribution in [0.5, 0.6) is 0 Å². The van der Waals surface area contributed by atoms with E-state index in [-0.39, 0.29) is 30.2 Å². The fourth-order valence-electron chi connectivity index (χ4n) is 3.83. The lowest BCUT2D eigenvalue weighted by Crippen LogP contribution is -2.51. The molecular formula is C23H23F2N3O3. The molecule has 4 rings (SSSR count). The summed E-state index contributed by atoms with van der Waals surface area (Å²) in [5, 5.41) is 3.88. The van der Waals surface area contributed by atoms with Crippen molar-refractivity contribution in [2.24, 2.45) is 5.16 Å². The van der Waals surface area contributed by atoms with Crippen LogP contribution in [-0.2, 0) is 20.8 Å². The normalized spacial score (nSPS) is 18.5. The Labute approximate surface area is 179 Å². The molecule has 0 aromatic heterocycles. The third kappa shape index (κ3) is 5.07. The molecule has 6 nitrogen and oxygen atoms in total. The van der Waals surface area contributed by atoms with Gasteiger partial charge in [-0.15, -0.1) is 0 Å². The van der Waals surface area contributed by atoms with Crippen LogP contribution in [0, 0.1) is 11.6 Å². The lowest BCUT2D eigenvalue weighted by atomic mass is 10.0. The van der Waals surface area contributed by atoms with Gasteiger partial charge in [0.1, 0.15) is 17.7 Å². The van der Waals surface area contributed by atoms with Crippen LogP contribution in [0.15, 0.2) is 53.7 Å². The van der Waals surface area contributed by atoms with Gasteiger partial charge in [-0.1, -0.05) is 35.5 Å². The fraction of sp³-hybridized carbons (Fsp3) is 0.348. The zero-order valence-electron chi connectivity index (χ0n) is 17.0. The minimum absolute atomic E-state index is 0.0526. The van der Waals surface area contributed by atoms with Gasteiger partial charge in [0.2, 0.25) is 11.8 Å². The molecule has 2 aromatic carbocycles. The molecule has 1 unspecified atom stereocenters. The number of hydrogen-bond donors (Lipinski definition) is 0. The van der Waals surface area contributed by atoms with Crippen LogP contribution in [0.1, 0.15) is 24.0 Å². The molecule has 2 heterocycles. The maximum Gasteiger partial charge on any atom is 0.227 e. The molecule has 0 radical (unpaired) electrons. The summed E-state index contributed by atoms with van der Waals surface area (Å²) in [6.45, 7) is 1.91. The Balaban J connectivity index is 1.24. The molecular weight excluding hydrogens is 404 g/mol. The van der Waals surface area contributed by atoms with Gasteiger partial charge in [0.05, 0.1) is 18.6 Å². The molecule has 2 aliphatic heterocycles. The molecule has 2 aliphatic rings. The van der Waals surface area contributed by atoms with Gasteiger partial charge < -0.3 is 14.6 Å². The van der Waals surface area contributed by atoms with E-state index in [4.69, 9.17) is 4.84 Å². The maximum atomic E-state index is 13.9. The Kier molecular flexibility index (Phi) is 6.25. The summed E-state index contributed by atoms with van der Waals surface area (Å²) in [5.41, 5.74) is 1.52. The summed E-state index contributed by atoms with van der Waals surface area (Å²) in [6.07, 6.45) is 0.271. The van der Waals surface area contributed by atoms with E-state index >= 15 is 0 Å². The van der Waals surface area contributed by atoms with Crippen molar-refractivity contribution in [3.05, 3.63) is 71.3 Å². The number of benzene rings is 2. The third-order valence-electron chi connectivity index (χ3n) is 5.56. The topological polar surface area (TPSA) is 62.2 Å². The van der Waals surface area contributed by atoms with Crippen molar-refractivity contribution in [3.8, 4) is 0 Å². The molecule has 1 fully saturated rings. The van der Waals surface area contributed by atoms with Crippen LogP contribution in [-0.4, -0.2) is 59.6 Å².